The Bertz CT molecular complexity index is 827. The van der Waals surface area contributed by atoms with Crippen LogP contribution in [0.15, 0.2) is 12.1 Å². The largest absolute Gasteiger partial charge is 0.493 e. The molecule has 2 heterocycles. The molecule has 2 unspecified atom stereocenters. The molecule has 0 radical (unpaired) electrons. The summed E-state index contributed by atoms with van der Waals surface area (Å²) in [6.07, 6.45) is 6.00. The molecule has 2 bridgehead atoms. The quantitative estimate of drug-likeness (QED) is 0.667. The first kappa shape index (κ1) is 18.4. The van der Waals surface area contributed by atoms with Crippen LogP contribution in [0.5, 0.6) is 11.5 Å². The Kier molecular flexibility index (Phi) is 4.02. The third kappa shape index (κ3) is 2.32. The van der Waals surface area contributed by atoms with E-state index in [2.05, 4.69) is 16.3 Å². The molecule has 3 N–H and O–H groups in total. The summed E-state index contributed by atoms with van der Waals surface area (Å²) in [6, 6.07) is 4.52. The first-order valence-corrected chi connectivity index (χ1v) is 11.3. The zero-order valence-corrected chi connectivity index (χ0v) is 17.2. The van der Waals surface area contributed by atoms with E-state index in [0.29, 0.717) is 6.54 Å². The highest BCUT2D eigenvalue weighted by atomic mass is 16.5. The maximum atomic E-state index is 12.4. The van der Waals surface area contributed by atoms with Crippen molar-refractivity contribution in [3.05, 3.63) is 23.3 Å². The molecule has 1 spiro atoms. The van der Waals surface area contributed by atoms with E-state index < -0.39 is 5.60 Å². The molecule has 3 fully saturated rings. The van der Waals surface area contributed by atoms with E-state index in [0.717, 1.165) is 56.2 Å². The molecule has 2 aliphatic heterocycles. The lowest BCUT2D eigenvalue weighted by Crippen LogP contribution is -2.78. The van der Waals surface area contributed by atoms with Crippen molar-refractivity contribution in [2.45, 2.75) is 67.7 Å². The van der Waals surface area contributed by atoms with Gasteiger partial charge in [0.25, 0.3) is 0 Å². The van der Waals surface area contributed by atoms with Gasteiger partial charge in [-0.15, -0.1) is 0 Å². The second-order valence-corrected chi connectivity index (χ2v) is 9.80. The highest BCUT2D eigenvalue weighted by Gasteiger charge is 2.72. The molecule has 158 valence electrons. The summed E-state index contributed by atoms with van der Waals surface area (Å²) in [5.41, 5.74) is 1.37. The molecule has 0 aromatic heterocycles. The predicted molar refractivity (Wildman–Crippen MR) is 109 cm³/mol. The van der Waals surface area contributed by atoms with Gasteiger partial charge in [0, 0.05) is 30.7 Å². The summed E-state index contributed by atoms with van der Waals surface area (Å²) >= 11 is 0. The first-order chi connectivity index (χ1) is 14.1. The van der Waals surface area contributed by atoms with Crippen molar-refractivity contribution in [3.63, 3.8) is 0 Å². The zero-order chi connectivity index (χ0) is 19.8. The normalized spacial score (nSPS) is 39.8. The number of aliphatic hydroxyl groups excluding tert-OH is 1. The van der Waals surface area contributed by atoms with E-state index in [-0.39, 0.29) is 30.2 Å². The van der Waals surface area contributed by atoms with Crippen LogP contribution in [-0.4, -0.2) is 72.3 Å². The fraction of sp³-hybridized carbons (Fsp3) is 0.739. The molecule has 1 aromatic rings. The molecule has 6 rings (SSSR count). The molecular weight excluding hydrogens is 368 g/mol. The van der Waals surface area contributed by atoms with E-state index >= 15 is 0 Å². The van der Waals surface area contributed by atoms with E-state index in [4.69, 9.17) is 9.47 Å². The van der Waals surface area contributed by atoms with Crippen LogP contribution in [0.25, 0.3) is 0 Å². The molecule has 6 heteroatoms. The number of likely N-dealkylation sites (tertiary alicyclic amines) is 1. The van der Waals surface area contributed by atoms with Crippen molar-refractivity contribution < 1.29 is 19.7 Å². The molecular formula is C23H32N2O4. The number of rotatable bonds is 6. The van der Waals surface area contributed by atoms with Gasteiger partial charge in [-0.2, -0.15) is 0 Å². The predicted octanol–water partition coefficient (Wildman–Crippen LogP) is 1.21. The monoisotopic (exact) mass is 400 g/mol. The number of nitrogens with one attached hydrogen (secondary N) is 1. The third-order valence-corrected chi connectivity index (χ3v) is 8.49. The summed E-state index contributed by atoms with van der Waals surface area (Å²) in [4.78, 5) is 2.59. The Morgan fingerprint density at radius 2 is 2.14 bits per heavy atom. The van der Waals surface area contributed by atoms with Crippen molar-refractivity contribution >= 4 is 0 Å². The number of benzene rings is 1. The van der Waals surface area contributed by atoms with Crippen LogP contribution in [0, 0.1) is 5.92 Å². The van der Waals surface area contributed by atoms with E-state index in [1.54, 1.807) is 7.11 Å². The number of nitrogens with zero attached hydrogens (tertiary/aromatic N) is 1. The summed E-state index contributed by atoms with van der Waals surface area (Å²) < 4.78 is 12.3. The molecule has 29 heavy (non-hydrogen) atoms. The molecule has 0 amide bonds. The van der Waals surface area contributed by atoms with Gasteiger partial charge in [0.1, 0.15) is 6.10 Å². The summed E-state index contributed by atoms with van der Waals surface area (Å²) in [6.45, 7) is 2.81. The molecule has 3 aliphatic carbocycles. The number of ether oxygens (including phenoxy) is 2. The van der Waals surface area contributed by atoms with E-state index in [1.165, 1.54) is 24.0 Å². The Hall–Kier alpha value is -1.34. The van der Waals surface area contributed by atoms with Crippen LogP contribution in [0.2, 0.25) is 0 Å². The lowest BCUT2D eigenvalue weighted by atomic mass is 9.48. The Morgan fingerprint density at radius 3 is 2.90 bits per heavy atom. The van der Waals surface area contributed by atoms with Crippen molar-refractivity contribution in [2.24, 2.45) is 5.92 Å². The maximum absolute atomic E-state index is 12.4. The van der Waals surface area contributed by atoms with Crippen LogP contribution >= 0.6 is 0 Å². The molecule has 1 saturated heterocycles. The second-order valence-electron chi connectivity index (χ2n) is 9.80. The number of hydrogen-bond donors (Lipinski definition) is 3. The van der Waals surface area contributed by atoms with Gasteiger partial charge in [-0.25, -0.2) is 0 Å². The molecule has 6 nitrogen and oxygen atoms in total. The Labute approximate surface area is 172 Å². The molecule has 5 atom stereocenters. The second kappa shape index (κ2) is 6.33. The number of aliphatic hydroxyl groups is 2. The number of hydrogen-bond acceptors (Lipinski definition) is 6. The smallest absolute Gasteiger partial charge is 0.165 e. The van der Waals surface area contributed by atoms with Gasteiger partial charge in [0.2, 0.25) is 0 Å². The highest BCUT2D eigenvalue weighted by molar-refractivity contribution is 5.63. The SMILES string of the molecule is COc1ccc2c3c1OC1C(NCCO)CC[C@]4(O)[C@H](C2)N(CC2CC2)CC[C@@]314. The average Bonchev–Trinajstić information content (AvgIpc) is 3.46. The molecule has 5 aliphatic rings. The fourth-order valence-corrected chi connectivity index (χ4v) is 7.09. The first-order valence-electron chi connectivity index (χ1n) is 11.3. The van der Waals surface area contributed by atoms with Gasteiger partial charge in [0.15, 0.2) is 11.5 Å². The van der Waals surface area contributed by atoms with Gasteiger partial charge >= 0.3 is 0 Å². The van der Waals surface area contributed by atoms with Crippen molar-refractivity contribution in [2.75, 3.05) is 33.4 Å². The third-order valence-electron chi connectivity index (χ3n) is 8.49. The van der Waals surface area contributed by atoms with Crippen LogP contribution in [0.3, 0.4) is 0 Å². The minimum absolute atomic E-state index is 0.111. The summed E-state index contributed by atoms with van der Waals surface area (Å²) in [7, 11) is 1.69. The van der Waals surface area contributed by atoms with Crippen LogP contribution in [0.4, 0.5) is 0 Å². The van der Waals surface area contributed by atoms with Crippen LogP contribution in [-0.2, 0) is 11.8 Å². The van der Waals surface area contributed by atoms with Crippen molar-refractivity contribution in [3.8, 4) is 11.5 Å². The topological polar surface area (TPSA) is 74.2 Å². The van der Waals surface area contributed by atoms with Gasteiger partial charge < -0.3 is 25.0 Å². The van der Waals surface area contributed by atoms with Crippen LogP contribution in [0.1, 0.15) is 43.2 Å². The lowest BCUT2D eigenvalue weighted by Gasteiger charge is -2.64. The van der Waals surface area contributed by atoms with Crippen molar-refractivity contribution in [1.82, 2.24) is 10.2 Å². The van der Waals surface area contributed by atoms with Gasteiger partial charge in [-0.05, 0) is 62.6 Å². The summed E-state index contributed by atoms with van der Waals surface area (Å²) in [5, 5.41) is 25.3. The average molecular weight is 401 g/mol. The van der Waals surface area contributed by atoms with Gasteiger partial charge in [-0.1, -0.05) is 6.07 Å². The van der Waals surface area contributed by atoms with E-state index in [9.17, 15) is 10.2 Å². The summed E-state index contributed by atoms with van der Waals surface area (Å²) in [5.74, 6) is 2.44. The Balaban J connectivity index is 1.49. The number of piperidine rings is 1. The highest BCUT2D eigenvalue weighted by Crippen LogP contribution is 2.65. The molecule has 1 aromatic carbocycles. The number of methoxy groups -OCH3 is 1. The minimum atomic E-state index is -0.771. The minimum Gasteiger partial charge on any atom is -0.493 e. The lowest BCUT2D eigenvalue weighted by molar-refractivity contribution is -0.191. The van der Waals surface area contributed by atoms with Crippen LogP contribution < -0.4 is 14.8 Å². The standard InChI is InChI=1S/C23H32N2O4/c1-28-17-5-4-15-12-18-23(27)7-6-16(24-9-11-26)21-22(23,19(15)20(17)29-21)8-10-25(18)13-14-2-3-14/h4-5,14,16,18,21,24,26-27H,2-3,6-13H2,1H3/t16?,18-,21?,22+,23-/m0/s1. The maximum Gasteiger partial charge on any atom is 0.165 e. The molecule has 2 saturated carbocycles. The zero-order valence-electron chi connectivity index (χ0n) is 17.2. The van der Waals surface area contributed by atoms with Gasteiger partial charge in [-0.3, -0.25) is 4.90 Å². The van der Waals surface area contributed by atoms with Crippen molar-refractivity contribution in [1.29, 1.82) is 0 Å². The fourth-order valence-electron chi connectivity index (χ4n) is 7.09. The Morgan fingerprint density at radius 1 is 1.28 bits per heavy atom. The van der Waals surface area contributed by atoms with Gasteiger partial charge in [0.05, 0.1) is 24.7 Å². The van der Waals surface area contributed by atoms with E-state index in [1.807, 2.05) is 6.07 Å².